The summed E-state index contributed by atoms with van der Waals surface area (Å²) in [6, 6.07) is 20.9. The number of cyclic esters (lactones) is 1. The van der Waals surface area contributed by atoms with E-state index in [0.717, 1.165) is 0 Å². The van der Waals surface area contributed by atoms with Crippen molar-refractivity contribution < 1.29 is 19.1 Å². The van der Waals surface area contributed by atoms with Gasteiger partial charge in [-0.3, -0.25) is 0 Å². The predicted molar refractivity (Wildman–Crippen MR) is 113 cm³/mol. The highest BCUT2D eigenvalue weighted by atomic mass is 28.4. The third-order valence-corrected chi connectivity index (χ3v) is 10.2. The van der Waals surface area contributed by atoms with Crippen LogP contribution in [0.2, 0.25) is 5.04 Å². The molecule has 4 nitrogen and oxygen atoms in total. The van der Waals surface area contributed by atoms with Crippen LogP contribution in [-0.2, 0) is 14.0 Å². The highest BCUT2D eigenvalue weighted by Crippen LogP contribution is 2.37. The van der Waals surface area contributed by atoms with Crippen LogP contribution >= 0.6 is 0 Å². The zero-order chi connectivity index (χ0) is 20.3. The first-order chi connectivity index (χ1) is 13.3. The molecule has 2 aromatic rings. The van der Waals surface area contributed by atoms with Gasteiger partial charge >= 0.3 is 5.97 Å². The fourth-order valence-corrected chi connectivity index (χ4v) is 8.49. The molecule has 0 aliphatic carbocycles. The van der Waals surface area contributed by atoms with Gasteiger partial charge in [0.05, 0.1) is 0 Å². The number of rotatable bonds is 7. The zero-order valence-corrected chi connectivity index (χ0v) is 17.7. The fraction of sp³-hybridized carbons (Fsp3) is 0.348. The first-order valence-electron chi connectivity index (χ1n) is 9.66. The minimum absolute atomic E-state index is 0.0909. The normalized spacial score (nSPS) is 19.6. The van der Waals surface area contributed by atoms with Crippen molar-refractivity contribution in [1.29, 1.82) is 0 Å². The van der Waals surface area contributed by atoms with Gasteiger partial charge in [-0.1, -0.05) is 81.4 Å². The standard InChI is InChI=1S/C23H28O4Si/c1-22(2,3)28(19-11-6-4-7-12-19,20-13-8-5-9-14-20)26-18-10-16-23(25)17-15-21(24)27-23/h4-9,11-15,17,25H,10,16,18H2,1-3H3. The number of carbonyl (C=O) groups is 1. The van der Waals surface area contributed by atoms with Crippen LogP contribution in [0.5, 0.6) is 0 Å². The Hall–Kier alpha value is -2.21. The number of benzene rings is 2. The maximum atomic E-state index is 11.3. The monoisotopic (exact) mass is 396 g/mol. The summed E-state index contributed by atoms with van der Waals surface area (Å²) < 4.78 is 11.7. The molecule has 0 saturated heterocycles. The van der Waals surface area contributed by atoms with Gasteiger partial charge in [-0.25, -0.2) is 4.79 Å². The van der Waals surface area contributed by atoms with Gasteiger partial charge in [-0.15, -0.1) is 0 Å². The first kappa shape index (κ1) is 20.5. The van der Waals surface area contributed by atoms with Crippen molar-refractivity contribution in [1.82, 2.24) is 0 Å². The van der Waals surface area contributed by atoms with Gasteiger partial charge in [0.25, 0.3) is 8.32 Å². The summed E-state index contributed by atoms with van der Waals surface area (Å²) in [5.74, 6) is -2.01. The molecule has 5 heteroatoms. The molecule has 0 aromatic heterocycles. The lowest BCUT2D eigenvalue weighted by atomic mass is 10.1. The van der Waals surface area contributed by atoms with Crippen LogP contribution in [0.3, 0.4) is 0 Å². The molecule has 2 aromatic carbocycles. The summed E-state index contributed by atoms with van der Waals surface area (Å²) in [5.41, 5.74) is 0. The third kappa shape index (κ3) is 4.11. The van der Waals surface area contributed by atoms with E-state index >= 15 is 0 Å². The van der Waals surface area contributed by atoms with Gasteiger partial charge in [0, 0.05) is 19.1 Å². The van der Waals surface area contributed by atoms with Crippen LogP contribution < -0.4 is 10.4 Å². The summed E-state index contributed by atoms with van der Waals surface area (Å²) in [7, 11) is -2.57. The lowest BCUT2D eigenvalue weighted by Gasteiger charge is -2.43. The van der Waals surface area contributed by atoms with E-state index in [9.17, 15) is 9.90 Å². The van der Waals surface area contributed by atoms with Crippen molar-refractivity contribution in [2.24, 2.45) is 0 Å². The minimum Gasteiger partial charge on any atom is -0.426 e. The Balaban J connectivity index is 1.86. The average Bonchev–Trinajstić information content (AvgIpc) is 3.01. The van der Waals surface area contributed by atoms with Gasteiger partial charge < -0.3 is 14.3 Å². The quantitative estimate of drug-likeness (QED) is 0.444. The third-order valence-electron chi connectivity index (χ3n) is 5.17. The van der Waals surface area contributed by atoms with E-state index in [2.05, 4.69) is 69.3 Å². The SMILES string of the molecule is CC(C)(C)[Si](OCCCC1(O)C=CC(=O)O1)(c1ccccc1)c1ccccc1. The largest absolute Gasteiger partial charge is 0.426 e. The van der Waals surface area contributed by atoms with Crippen LogP contribution in [-0.4, -0.2) is 31.8 Å². The number of carbonyl (C=O) groups excluding carboxylic acids is 1. The van der Waals surface area contributed by atoms with Gasteiger partial charge in [0.15, 0.2) is 0 Å². The number of hydrogen-bond donors (Lipinski definition) is 1. The zero-order valence-electron chi connectivity index (χ0n) is 16.7. The Bertz CT molecular complexity index is 787. The molecule has 148 valence electrons. The van der Waals surface area contributed by atoms with Crippen LogP contribution in [0.1, 0.15) is 33.6 Å². The molecule has 1 aliphatic rings. The molecule has 1 heterocycles. The Kier molecular flexibility index (Phi) is 5.89. The molecular formula is C23H28O4Si. The first-order valence-corrected chi connectivity index (χ1v) is 11.6. The van der Waals surface area contributed by atoms with Crippen LogP contribution in [0.15, 0.2) is 72.8 Å². The second-order valence-electron chi connectivity index (χ2n) is 8.21. The van der Waals surface area contributed by atoms with Crippen molar-refractivity contribution in [3.63, 3.8) is 0 Å². The molecule has 0 spiro atoms. The molecule has 1 unspecified atom stereocenters. The van der Waals surface area contributed by atoms with Gasteiger partial charge in [-0.2, -0.15) is 0 Å². The summed E-state index contributed by atoms with van der Waals surface area (Å²) in [6.07, 6.45) is 3.58. The van der Waals surface area contributed by atoms with Crippen LogP contribution in [0.4, 0.5) is 0 Å². The summed E-state index contributed by atoms with van der Waals surface area (Å²) in [5, 5.41) is 12.7. The maximum Gasteiger partial charge on any atom is 0.333 e. The molecule has 1 N–H and O–H groups in total. The van der Waals surface area contributed by atoms with E-state index in [4.69, 9.17) is 9.16 Å². The molecule has 28 heavy (non-hydrogen) atoms. The number of hydrogen-bond acceptors (Lipinski definition) is 4. The number of aliphatic hydroxyl groups is 1. The van der Waals surface area contributed by atoms with Crippen LogP contribution in [0, 0.1) is 0 Å². The lowest BCUT2D eigenvalue weighted by molar-refractivity contribution is -0.180. The number of esters is 1. The lowest BCUT2D eigenvalue weighted by Crippen LogP contribution is -2.66. The van der Waals surface area contributed by atoms with Gasteiger partial charge in [-0.05, 0) is 27.9 Å². The van der Waals surface area contributed by atoms with E-state index < -0.39 is 20.1 Å². The van der Waals surface area contributed by atoms with Crippen molar-refractivity contribution in [3.8, 4) is 0 Å². The van der Waals surface area contributed by atoms with Gasteiger partial charge in [0.1, 0.15) is 0 Å². The maximum absolute atomic E-state index is 11.3. The molecule has 0 bridgehead atoms. The van der Waals surface area contributed by atoms with E-state index in [1.165, 1.54) is 22.5 Å². The fourth-order valence-electron chi connectivity index (χ4n) is 3.89. The highest BCUT2D eigenvalue weighted by molar-refractivity contribution is 6.99. The Labute approximate surface area is 167 Å². The molecule has 3 rings (SSSR count). The average molecular weight is 397 g/mol. The van der Waals surface area contributed by atoms with Gasteiger partial charge in [0.2, 0.25) is 5.79 Å². The smallest absolute Gasteiger partial charge is 0.333 e. The summed E-state index contributed by atoms with van der Waals surface area (Å²) in [6.45, 7) is 7.16. The number of ether oxygens (including phenoxy) is 1. The topological polar surface area (TPSA) is 55.8 Å². The highest BCUT2D eigenvalue weighted by Gasteiger charge is 2.50. The van der Waals surface area contributed by atoms with Crippen molar-refractivity contribution >= 4 is 24.7 Å². The molecule has 0 saturated carbocycles. The summed E-state index contributed by atoms with van der Waals surface area (Å²) >= 11 is 0. The van der Waals surface area contributed by atoms with E-state index in [1.54, 1.807) is 0 Å². The molecule has 1 atom stereocenters. The molecule has 1 aliphatic heterocycles. The van der Waals surface area contributed by atoms with E-state index in [0.29, 0.717) is 19.4 Å². The minimum atomic E-state index is -2.57. The summed E-state index contributed by atoms with van der Waals surface area (Å²) in [4.78, 5) is 11.3. The Morgan fingerprint density at radius 1 is 1.00 bits per heavy atom. The van der Waals surface area contributed by atoms with E-state index in [1.807, 2.05) is 12.1 Å². The molecule has 0 fully saturated rings. The Morgan fingerprint density at radius 3 is 1.96 bits per heavy atom. The van der Waals surface area contributed by atoms with Crippen molar-refractivity contribution in [3.05, 3.63) is 72.8 Å². The molecular weight excluding hydrogens is 368 g/mol. The van der Waals surface area contributed by atoms with Crippen molar-refractivity contribution in [2.75, 3.05) is 6.61 Å². The predicted octanol–water partition coefficient (Wildman–Crippen LogP) is 3.14. The van der Waals surface area contributed by atoms with E-state index in [-0.39, 0.29) is 5.04 Å². The Morgan fingerprint density at radius 2 is 1.54 bits per heavy atom. The second-order valence-corrected chi connectivity index (χ2v) is 12.5. The van der Waals surface area contributed by atoms with Crippen LogP contribution in [0.25, 0.3) is 0 Å². The molecule has 0 amide bonds. The second kappa shape index (κ2) is 8.03. The van der Waals surface area contributed by atoms with Crippen molar-refractivity contribution in [2.45, 2.75) is 44.4 Å². The molecule has 0 radical (unpaired) electrons.